The van der Waals surface area contributed by atoms with Gasteiger partial charge in [0.25, 0.3) is 0 Å². The molecule has 1 aromatic rings. The third-order valence-electron chi connectivity index (χ3n) is 7.94. The highest BCUT2D eigenvalue weighted by atomic mass is 32.2. The lowest BCUT2D eigenvalue weighted by molar-refractivity contribution is -0.120. The van der Waals surface area contributed by atoms with E-state index in [2.05, 4.69) is 21.8 Å². The zero-order valence-electron chi connectivity index (χ0n) is 19.9. The molecule has 3 heterocycles. The Morgan fingerprint density at radius 2 is 1.82 bits per heavy atom. The summed E-state index contributed by atoms with van der Waals surface area (Å²) in [6.07, 6.45) is 9.43. The van der Waals surface area contributed by atoms with Crippen LogP contribution in [0.5, 0.6) is 5.88 Å². The van der Waals surface area contributed by atoms with E-state index in [1.807, 2.05) is 0 Å². The minimum Gasteiger partial charge on any atom is -0.476 e. The molecule has 1 N–H and O–H groups in total. The first-order valence-electron chi connectivity index (χ1n) is 12.4. The molecule has 188 valence electrons. The van der Waals surface area contributed by atoms with Crippen LogP contribution in [0.1, 0.15) is 51.9 Å². The smallest absolute Gasteiger partial charge is 0.243 e. The van der Waals surface area contributed by atoms with Crippen LogP contribution in [0.3, 0.4) is 0 Å². The number of nitrogens with zero attached hydrogens (tertiary/aromatic N) is 5. The molecule has 4 aliphatic rings. The summed E-state index contributed by atoms with van der Waals surface area (Å²) in [5.74, 6) is 0.872. The van der Waals surface area contributed by atoms with Crippen molar-refractivity contribution in [2.45, 2.75) is 63.0 Å². The Morgan fingerprint density at radius 3 is 2.41 bits per heavy atom. The van der Waals surface area contributed by atoms with Crippen LogP contribution in [-0.4, -0.2) is 94.8 Å². The first kappa shape index (κ1) is 23.9. The molecule has 2 saturated carbocycles. The number of piperazine rings is 1. The predicted octanol–water partition coefficient (Wildman–Crippen LogP) is 1.01. The number of likely N-dealkylation sites (tertiary alicyclic amines) is 1. The van der Waals surface area contributed by atoms with Crippen molar-refractivity contribution < 1.29 is 23.1 Å². The number of amides is 1. The van der Waals surface area contributed by atoms with E-state index in [0.717, 1.165) is 25.9 Å². The van der Waals surface area contributed by atoms with Gasteiger partial charge in [0.1, 0.15) is 0 Å². The lowest BCUT2D eigenvalue weighted by atomic mass is 9.96. The maximum atomic E-state index is 12.7. The summed E-state index contributed by atoms with van der Waals surface area (Å²) >= 11 is 0. The van der Waals surface area contributed by atoms with E-state index in [4.69, 9.17) is 4.74 Å². The van der Waals surface area contributed by atoms with Crippen molar-refractivity contribution in [2.75, 3.05) is 50.0 Å². The van der Waals surface area contributed by atoms with E-state index < -0.39 is 15.6 Å². The van der Waals surface area contributed by atoms with Gasteiger partial charge in [0.15, 0.2) is 5.82 Å². The maximum absolute atomic E-state index is 12.7. The molecule has 4 fully saturated rings. The Kier molecular flexibility index (Phi) is 6.33. The third-order valence-corrected chi connectivity index (χ3v) is 9.76. The van der Waals surface area contributed by atoms with Crippen molar-refractivity contribution in [3.05, 3.63) is 12.4 Å². The summed E-state index contributed by atoms with van der Waals surface area (Å²) in [7, 11) is -3.58. The van der Waals surface area contributed by atoms with E-state index in [9.17, 15) is 18.3 Å². The molecule has 0 bridgehead atoms. The normalized spacial score (nSPS) is 25.4. The van der Waals surface area contributed by atoms with Crippen molar-refractivity contribution in [3.8, 4) is 5.88 Å². The van der Waals surface area contributed by atoms with Crippen LogP contribution in [-0.2, 0) is 14.8 Å². The number of anilines is 1. The molecule has 0 radical (unpaired) electrons. The molecular formula is C23H35N5O5S. The molecule has 2 aliphatic carbocycles. The molecule has 0 unspecified atom stereocenters. The van der Waals surface area contributed by atoms with Crippen LogP contribution in [0.4, 0.5) is 5.82 Å². The Labute approximate surface area is 201 Å². The second-order valence-corrected chi connectivity index (χ2v) is 12.7. The summed E-state index contributed by atoms with van der Waals surface area (Å²) in [5, 5.41) is 9.92. The number of rotatable bonds is 9. The molecule has 10 nitrogen and oxygen atoms in total. The molecule has 2 saturated heterocycles. The number of piperidine rings is 1. The van der Waals surface area contributed by atoms with Gasteiger partial charge in [0.2, 0.25) is 21.8 Å². The topological polar surface area (TPSA) is 116 Å². The zero-order valence-corrected chi connectivity index (χ0v) is 20.7. The van der Waals surface area contributed by atoms with Gasteiger partial charge < -0.3 is 9.84 Å². The Bertz CT molecular complexity index is 1000. The fourth-order valence-electron chi connectivity index (χ4n) is 4.84. The van der Waals surface area contributed by atoms with Gasteiger partial charge in [0.05, 0.1) is 36.9 Å². The summed E-state index contributed by atoms with van der Waals surface area (Å²) in [6, 6.07) is 0. The van der Waals surface area contributed by atoms with E-state index >= 15 is 0 Å². The molecule has 1 amide bonds. The Hall–Kier alpha value is -1.82. The highest BCUT2D eigenvalue weighted by Gasteiger charge is 2.44. The molecule has 0 spiro atoms. The first-order valence-corrected chi connectivity index (χ1v) is 14.0. The van der Waals surface area contributed by atoms with Gasteiger partial charge in [-0.2, -0.15) is 4.31 Å². The fraction of sp³-hybridized carbons (Fsp3) is 0.783. The van der Waals surface area contributed by atoms with E-state index in [-0.39, 0.29) is 37.7 Å². The number of aromatic nitrogens is 2. The van der Waals surface area contributed by atoms with Gasteiger partial charge in [-0.05, 0) is 70.9 Å². The molecule has 1 aromatic heterocycles. The number of sulfonamides is 1. The molecule has 0 aromatic carbocycles. The van der Waals surface area contributed by atoms with Crippen LogP contribution in [0.15, 0.2) is 12.4 Å². The highest BCUT2D eigenvalue weighted by Crippen LogP contribution is 2.43. The van der Waals surface area contributed by atoms with Crippen molar-refractivity contribution >= 4 is 21.7 Å². The number of hydrogen-bond donors (Lipinski definition) is 1. The van der Waals surface area contributed by atoms with Gasteiger partial charge in [-0.25, -0.2) is 18.4 Å². The summed E-state index contributed by atoms with van der Waals surface area (Å²) in [4.78, 5) is 25.4. The highest BCUT2D eigenvalue weighted by molar-refractivity contribution is 7.89. The van der Waals surface area contributed by atoms with Crippen LogP contribution >= 0.6 is 0 Å². The van der Waals surface area contributed by atoms with Gasteiger partial charge in [-0.15, -0.1) is 0 Å². The lowest BCUT2D eigenvalue weighted by Gasteiger charge is -2.36. The average molecular weight is 494 g/mol. The van der Waals surface area contributed by atoms with Gasteiger partial charge in [-0.3, -0.25) is 14.6 Å². The van der Waals surface area contributed by atoms with Crippen molar-refractivity contribution in [3.63, 3.8) is 0 Å². The lowest BCUT2D eigenvalue weighted by Crippen LogP contribution is -2.53. The number of hydrogen-bond acceptors (Lipinski definition) is 8. The summed E-state index contributed by atoms with van der Waals surface area (Å²) < 4.78 is 32.2. The molecule has 34 heavy (non-hydrogen) atoms. The third kappa shape index (κ3) is 5.37. The van der Waals surface area contributed by atoms with Crippen molar-refractivity contribution in [1.29, 1.82) is 0 Å². The number of ether oxygens (including phenoxy) is 1. The van der Waals surface area contributed by atoms with Crippen LogP contribution < -0.4 is 9.64 Å². The quantitative estimate of drug-likeness (QED) is 0.542. The van der Waals surface area contributed by atoms with Crippen LogP contribution in [0.2, 0.25) is 0 Å². The fourth-order valence-corrected chi connectivity index (χ4v) is 6.40. The van der Waals surface area contributed by atoms with Crippen LogP contribution in [0.25, 0.3) is 0 Å². The molecule has 11 heteroatoms. The van der Waals surface area contributed by atoms with Gasteiger partial charge >= 0.3 is 0 Å². The number of carbonyl (C=O) groups excluding carboxylic acids is 1. The maximum Gasteiger partial charge on any atom is 0.243 e. The summed E-state index contributed by atoms with van der Waals surface area (Å²) in [6.45, 7) is 5.41. The van der Waals surface area contributed by atoms with E-state index in [0.29, 0.717) is 42.6 Å². The monoisotopic (exact) mass is 493 g/mol. The van der Waals surface area contributed by atoms with Gasteiger partial charge in [-0.1, -0.05) is 0 Å². The Balaban J connectivity index is 1.08. The zero-order chi connectivity index (χ0) is 24.0. The minimum absolute atomic E-state index is 0.138. The number of aliphatic hydroxyl groups is 1. The predicted molar refractivity (Wildman–Crippen MR) is 126 cm³/mol. The molecule has 0 atom stereocenters. The van der Waals surface area contributed by atoms with E-state index in [1.54, 1.807) is 0 Å². The molecular weight excluding hydrogens is 458 g/mol. The second kappa shape index (κ2) is 9.00. The van der Waals surface area contributed by atoms with Gasteiger partial charge in [0, 0.05) is 18.6 Å². The second-order valence-electron chi connectivity index (χ2n) is 10.6. The standard InChI is InChI=1S/C23H35N5O5S/c1-22(4-5-22)26-9-2-18(3-10-26)17-33-20-15-24-19(14-25-20)28-12-11-27(16-21(28)29)34(31,32)13-8-23(30)6-7-23/h14-15,18,30H,2-13,16-17H2,1H3. The largest absolute Gasteiger partial charge is 0.476 e. The van der Waals surface area contributed by atoms with Crippen molar-refractivity contribution in [1.82, 2.24) is 19.2 Å². The average Bonchev–Trinajstić information content (AvgIpc) is 3.76. The van der Waals surface area contributed by atoms with Crippen molar-refractivity contribution in [2.24, 2.45) is 5.92 Å². The number of carbonyl (C=O) groups is 1. The Morgan fingerprint density at radius 1 is 1.09 bits per heavy atom. The van der Waals surface area contributed by atoms with E-state index in [1.165, 1.54) is 34.4 Å². The minimum atomic E-state index is -3.58. The molecule has 2 aliphatic heterocycles. The first-order chi connectivity index (χ1) is 16.2. The molecule has 5 rings (SSSR count). The summed E-state index contributed by atoms with van der Waals surface area (Å²) in [5.41, 5.74) is -0.385. The van der Waals surface area contributed by atoms with Crippen LogP contribution in [0, 0.1) is 5.92 Å². The SMILES string of the molecule is CC1(N2CCC(COc3cnc(N4CCN(S(=O)(=O)CCC5(O)CC5)CC4=O)cn3)CC2)CC1.